The lowest BCUT2D eigenvalue weighted by atomic mass is 10.1. The van der Waals surface area contributed by atoms with Crippen LogP contribution in [0.1, 0.15) is 23.2 Å². The van der Waals surface area contributed by atoms with Gasteiger partial charge in [-0.15, -0.1) is 0 Å². The van der Waals surface area contributed by atoms with Gasteiger partial charge in [-0.2, -0.15) is 5.26 Å². The molecular formula is C22H20FN5O. The maximum Gasteiger partial charge on any atom is 0.244 e. The quantitative estimate of drug-likeness (QED) is 0.704. The van der Waals surface area contributed by atoms with E-state index < -0.39 is 5.82 Å². The molecule has 1 N–H and O–H groups in total. The Morgan fingerprint density at radius 3 is 2.83 bits per heavy atom. The fourth-order valence-electron chi connectivity index (χ4n) is 3.54. The monoisotopic (exact) mass is 389 g/mol. The number of imidazole rings is 1. The van der Waals surface area contributed by atoms with E-state index in [1.807, 2.05) is 41.0 Å². The molecule has 1 aromatic heterocycles. The van der Waals surface area contributed by atoms with E-state index in [1.54, 1.807) is 23.5 Å². The molecule has 1 aliphatic rings. The lowest BCUT2D eigenvalue weighted by molar-refractivity contribution is -0.118. The Hall–Kier alpha value is -3.50. The number of nitriles is 1. The first kappa shape index (κ1) is 18.8. The van der Waals surface area contributed by atoms with Crippen molar-refractivity contribution in [2.45, 2.75) is 25.6 Å². The standard InChI is InChI=1S/C22H20FN5O/c23-20-10-16(6-7-17(20)11-24)14-27-15-25-12-19(27)13-26-21-8-9-28(22(21)29)18-4-2-1-3-5-18/h1-7,10,12,15,21,26H,8-9,13-14H2/t21-/m0/s1. The summed E-state index contributed by atoms with van der Waals surface area (Å²) < 4.78 is 15.8. The molecule has 3 aromatic rings. The van der Waals surface area contributed by atoms with Gasteiger partial charge in [-0.25, -0.2) is 9.37 Å². The number of nitrogens with one attached hydrogen (secondary N) is 1. The fraction of sp³-hybridized carbons (Fsp3) is 0.227. The van der Waals surface area contributed by atoms with Gasteiger partial charge in [0.15, 0.2) is 0 Å². The number of carbonyl (C=O) groups is 1. The number of hydrogen-bond acceptors (Lipinski definition) is 4. The van der Waals surface area contributed by atoms with Crippen LogP contribution in [0, 0.1) is 17.1 Å². The van der Waals surface area contributed by atoms with Crippen molar-refractivity contribution in [2.24, 2.45) is 0 Å². The van der Waals surface area contributed by atoms with Crippen LogP contribution >= 0.6 is 0 Å². The van der Waals surface area contributed by atoms with E-state index in [0.717, 1.165) is 23.4 Å². The van der Waals surface area contributed by atoms with Gasteiger partial charge in [0.1, 0.15) is 11.9 Å². The molecule has 1 amide bonds. The Balaban J connectivity index is 1.39. The zero-order valence-electron chi connectivity index (χ0n) is 15.8. The largest absolute Gasteiger partial charge is 0.329 e. The molecule has 2 aromatic carbocycles. The van der Waals surface area contributed by atoms with E-state index in [9.17, 15) is 9.18 Å². The third kappa shape index (κ3) is 4.03. The zero-order chi connectivity index (χ0) is 20.2. The lowest BCUT2D eigenvalue weighted by Gasteiger charge is -2.17. The maximum absolute atomic E-state index is 13.8. The number of aromatic nitrogens is 2. The average Bonchev–Trinajstić information content (AvgIpc) is 3.33. The maximum atomic E-state index is 13.8. The predicted octanol–water partition coefficient (Wildman–Crippen LogP) is 2.84. The van der Waals surface area contributed by atoms with Crippen LogP contribution in [0.2, 0.25) is 0 Å². The Kier molecular flexibility index (Phi) is 5.36. The molecule has 146 valence electrons. The summed E-state index contributed by atoms with van der Waals surface area (Å²) in [6.45, 7) is 1.61. The van der Waals surface area contributed by atoms with E-state index in [1.165, 1.54) is 12.1 Å². The molecule has 0 bridgehead atoms. The third-order valence-electron chi connectivity index (χ3n) is 5.11. The van der Waals surface area contributed by atoms with Crippen LogP contribution in [0.3, 0.4) is 0 Å². The number of hydrogen-bond donors (Lipinski definition) is 1. The van der Waals surface area contributed by atoms with Crippen LogP contribution in [0.4, 0.5) is 10.1 Å². The Labute approximate surface area is 168 Å². The average molecular weight is 389 g/mol. The van der Waals surface area contributed by atoms with Gasteiger partial charge in [-0.1, -0.05) is 24.3 Å². The van der Waals surface area contributed by atoms with Crippen LogP contribution in [0.15, 0.2) is 61.1 Å². The Morgan fingerprint density at radius 2 is 2.07 bits per heavy atom. The van der Waals surface area contributed by atoms with E-state index in [-0.39, 0.29) is 17.5 Å². The molecule has 4 rings (SSSR count). The molecule has 6 nitrogen and oxygen atoms in total. The van der Waals surface area contributed by atoms with Crippen LogP contribution in [-0.2, 0) is 17.9 Å². The summed E-state index contributed by atoms with van der Waals surface area (Å²) in [7, 11) is 0. The van der Waals surface area contributed by atoms with Crippen molar-refractivity contribution in [3.8, 4) is 6.07 Å². The minimum atomic E-state index is -0.526. The van der Waals surface area contributed by atoms with E-state index in [0.29, 0.717) is 19.6 Å². The van der Waals surface area contributed by atoms with Gasteiger partial charge in [-0.3, -0.25) is 4.79 Å². The highest BCUT2D eigenvalue weighted by molar-refractivity contribution is 5.99. The molecule has 29 heavy (non-hydrogen) atoms. The van der Waals surface area contributed by atoms with Gasteiger partial charge >= 0.3 is 0 Å². The van der Waals surface area contributed by atoms with Gasteiger partial charge < -0.3 is 14.8 Å². The smallest absolute Gasteiger partial charge is 0.244 e. The minimum absolute atomic E-state index is 0.0315. The van der Waals surface area contributed by atoms with Crippen LogP contribution in [-0.4, -0.2) is 28.0 Å². The number of benzene rings is 2. The summed E-state index contributed by atoms with van der Waals surface area (Å²) in [5, 5.41) is 12.2. The second kappa shape index (κ2) is 8.25. The second-order valence-electron chi connectivity index (χ2n) is 6.99. The fourth-order valence-corrected chi connectivity index (χ4v) is 3.54. The molecule has 0 spiro atoms. The van der Waals surface area contributed by atoms with Crippen molar-refractivity contribution in [1.82, 2.24) is 14.9 Å². The minimum Gasteiger partial charge on any atom is -0.329 e. The normalized spacial score (nSPS) is 16.2. The van der Waals surface area contributed by atoms with E-state index in [2.05, 4.69) is 10.3 Å². The van der Waals surface area contributed by atoms with E-state index >= 15 is 0 Å². The zero-order valence-corrected chi connectivity index (χ0v) is 15.8. The number of amides is 1. The second-order valence-corrected chi connectivity index (χ2v) is 6.99. The van der Waals surface area contributed by atoms with Gasteiger partial charge in [0.2, 0.25) is 5.91 Å². The molecular weight excluding hydrogens is 369 g/mol. The molecule has 1 aliphatic heterocycles. The Morgan fingerprint density at radius 1 is 1.24 bits per heavy atom. The first-order chi connectivity index (χ1) is 14.2. The highest BCUT2D eigenvalue weighted by Crippen LogP contribution is 2.21. The highest BCUT2D eigenvalue weighted by Gasteiger charge is 2.32. The molecule has 0 aliphatic carbocycles. The lowest BCUT2D eigenvalue weighted by Crippen LogP contribution is -2.38. The predicted molar refractivity (Wildman–Crippen MR) is 106 cm³/mol. The number of para-hydroxylation sites is 1. The topological polar surface area (TPSA) is 74.0 Å². The van der Waals surface area contributed by atoms with Gasteiger partial charge in [0.25, 0.3) is 0 Å². The molecule has 0 unspecified atom stereocenters. The summed E-state index contributed by atoms with van der Waals surface area (Å²) in [5.41, 5.74) is 2.59. The van der Waals surface area contributed by atoms with Crippen molar-refractivity contribution in [3.05, 3.63) is 83.7 Å². The van der Waals surface area contributed by atoms with Crippen molar-refractivity contribution in [1.29, 1.82) is 5.26 Å². The molecule has 0 radical (unpaired) electrons. The summed E-state index contributed by atoms with van der Waals surface area (Å²) in [5.74, 6) is -0.459. The molecule has 7 heteroatoms. The first-order valence-corrected chi connectivity index (χ1v) is 9.43. The van der Waals surface area contributed by atoms with E-state index in [4.69, 9.17) is 5.26 Å². The van der Waals surface area contributed by atoms with Crippen LogP contribution < -0.4 is 10.2 Å². The third-order valence-corrected chi connectivity index (χ3v) is 5.11. The summed E-state index contributed by atoms with van der Waals surface area (Å²) in [4.78, 5) is 18.7. The van der Waals surface area contributed by atoms with Gasteiger partial charge in [-0.05, 0) is 36.2 Å². The summed E-state index contributed by atoms with van der Waals surface area (Å²) >= 11 is 0. The molecule has 1 atom stereocenters. The van der Waals surface area contributed by atoms with Crippen LogP contribution in [0.25, 0.3) is 0 Å². The van der Waals surface area contributed by atoms with Crippen molar-refractivity contribution in [3.63, 3.8) is 0 Å². The molecule has 1 saturated heterocycles. The number of rotatable bonds is 6. The summed E-state index contributed by atoms with van der Waals surface area (Å²) in [6, 6.07) is 15.8. The SMILES string of the molecule is N#Cc1ccc(Cn2cncc2CN[C@H]2CCN(c3ccccc3)C2=O)cc1F. The number of nitrogens with zero attached hydrogens (tertiary/aromatic N) is 4. The van der Waals surface area contributed by atoms with Gasteiger partial charge in [0.05, 0.1) is 23.6 Å². The number of halogens is 1. The summed E-state index contributed by atoms with van der Waals surface area (Å²) in [6.07, 6.45) is 4.16. The molecule has 0 saturated carbocycles. The first-order valence-electron chi connectivity index (χ1n) is 9.43. The number of anilines is 1. The van der Waals surface area contributed by atoms with Crippen molar-refractivity contribution >= 4 is 11.6 Å². The highest BCUT2D eigenvalue weighted by atomic mass is 19.1. The van der Waals surface area contributed by atoms with Gasteiger partial charge in [0, 0.05) is 31.5 Å². The Bertz CT molecular complexity index is 1060. The van der Waals surface area contributed by atoms with Crippen molar-refractivity contribution < 1.29 is 9.18 Å². The number of carbonyl (C=O) groups excluding carboxylic acids is 1. The van der Waals surface area contributed by atoms with Crippen molar-refractivity contribution in [2.75, 3.05) is 11.4 Å². The molecule has 2 heterocycles. The van der Waals surface area contributed by atoms with Crippen LogP contribution in [0.5, 0.6) is 0 Å². The molecule has 1 fully saturated rings.